The van der Waals surface area contributed by atoms with E-state index >= 15 is 0 Å². The number of aromatic nitrogens is 1. The molecule has 0 aromatic carbocycles. The zero-order valence-corrected chi connectivity index (χ0v) is 14.6. The van der Waals surface area contributed by atoms with E-state index in [0.29, 0.717) is 10.9 Å². The molecular weight excluding hydrogens is 296 g/mol. The fourth-order valence-electron chi connectivity index (χ4n) is 3.16. The highest BCUT2D eigenvalue weighted by atomic mass is 32.1. The molecule has 0 saturated heterocycles. The van der Waals surface area contributed by atoms with Gasteiger partial charge in [0.05, 0.1) is 10.7 Å². The maximum absolute atomic E-state index is 11.3. The predicted octanol–water partition coefficient (Wildman–Crippen LogP) is 3.99. The first-order chi connectivity index (χ1) is 10.6. The average Bonchev–Trinajstić information content (AvgIpc) is 2.95. The number of aromatic carboxylic acids is 1. The number of hydrogen-bond donors (Lipinski definition) is 1. The van der Waals surface area contributed by atoms with Gasteiger partial charge in [-0.25, -0.2) is 9.78 Å². The Balaban J connectivity index is 1.92. The maximum Gasteiger partial charge on any atom is 0.347 e. The van der Waals surface area contributed by atoms with Crippen LogP contribution in [0.5, 0.6) is 0 Å². The van der Waals surface area contributed by atoms with E-state index in [-0.39, 0.29) is 0 Å². The minimum absolute atomic E-state index is 0.448. The van der Waals surface area contributed by atoms with Crippen molar-refractivity contribution in [2.24, 2.45) is 0 Å². The summed E-state index contributed by atoms with van der Waals surface area (Å²) in [5.74, 6) is -0.824. The lowest BCUT2D eigenvalue weighted by atomic mass is 9.94. The van der Waals surface area contributed by atoms with Crippen molar-refractivity contribution in [3.63, 3.8) is 0 Å². The van der Waals surface area contributed by atoms with Crippen LogP contribution in [-0.2, 0) is 12.8 Å². The Kier molecular flexibility index (Phi) is 6.83. The van der Waals surface area contributed by atoms with Crippen LogP contribution >= 0.6 is 11.3 Å². The number of carboxylic acids is 1. The van der Waals surface area contributed by atoms with Crippen LogP contribution in [0.4, 0.5) is 0 Å². The number of carboxylic acid groups (broad SMARTS) is 1. The van der Waals surface area contributed by atoms with Gasteiger partial charge in [0.1, 0.15) is 4.88 Å². The van der Waals surface area contributed by atoms with Crippen molar-refractivity contribution in [3.05, 3.63) is 15.6 Å². The lowest BCUT2D eigenvalue weighted by Gasteiger charge is -2.30. The molecule has 0 bridgehead atoms. The molecule has 1 heterocycles. The minimum Gasteiger partial charge on any atom is -0.477 e. The van der Waals surface area contributed by atoms with Crippen molar-refractivity contribution in [3.8, 4) is 0 Å². The van der Waals surface area contributed by atoms with Crippen molar-refractivity contribution in [1.82, 2.24) is 9.88 Å². The molecule has 1 saturated carbocycles. The number of thiazole rings is 1. The summed E-state index contributed by atoms with van der Waals surface area (Å²) in [5, 5.41) is 10.3. The number of unbranched alkanes of at least 4 members (excludes halogenated alkanes) is 1. The van der Waals surface area contributed by atoms with Gasteiger partial charge in [0.2, 0.25) is 0 Å². The second kappa shape index (κ2) is 8.63. The quantitative estimate of drug-likeness (QED) is 0.785. The van der Waals surface area contributed by atoms with Gasteiger partial charge in [0, 0.05) is 19.0 Å². The van der Waals surface area contributed by atoms with Crippen LogP contribution in [0.15, 0.2) is 0 Å². The first kappa shape index (κ1) is 17.4. The standard InChI is InChI=1S/C17H28N2O2S/c1-3-4-10-14-16(17(20)21)22-15(18-14)11-12-19(2)13-8-6-5-7-9-13/h13H,3-12H2,1-2H3,(H,20,21). The van der Waals surface area contributed by atoms with Crippen LogP contribution in [0.3, 0.4) is 0 Å². The Morgan fingerprint density at radius 2 is 2.05 bits per heavy atom. The third-order valence-corrected chi connectivity index (χ3v) is 5.72. The summed E-state index contributed by atoms with van der Waals surface area (Å²) in [6.45, 7) is 3.09. The number of nitrogens with zero attached hydrogens (tertiary/aromatic N) is 2. The number of likely N-dealkylation sites (N-methyl/N-ethyl adjacent to an activating group) is 1. The third kappa shape index (κ3) is 4.78. The van der Waals surface area contributed by atoms with E-state index in [9.17, 15) is 9.90 Å². The van der Waals surface area contributed by atoms with Crippen LogP contribution in [0.25, 0.3) is 0 Å². The van der Waals surface area contributed by atoms with Gasteiger partial charge < -0.3 is 10.0 Å². The van der Waals surface area contributed by atoms with E-state index in [2.05, 4.69) is 23.9 Å². The molecule has 0 amide bonds. The zero-order chi connectivity index (χ0) is 15.9. The number of hydrogen-bond acceptors (Lipinski definition) is 4. The number of rotatable bonds is 8. The first-order valence-electron chi connectivity index (χ1n) is 8.54. The van der Waals surface area contributed by atoms with Crippen molar-refractivity contribution in [1.29, 1.82) is 0 Å². The molecule has 1 fully saturated rings. The van der Waals surface area contributed by atoms with Crippen LogP contribution in [-0.4, -0.2) is 40.6 Å². The third-order valence-electron chi connectivity index (χ3n) is 4.58. The van der Waals surface area contributed by atoms with E-state index in [1.807, 2.05) is 0 Å². The van der Waals surface area contributed by atoms with Gasteiger partial charge in [-0.05, 0) is 32.7 Å². The molecule has 0 radical (unpaired) electrons. The van der Waals surface area contributed by atoms with Crippen LogP contribution < -0.4 is 0 Å². The molecule has 0 spiro atoms. The Hall–Kier alpha value is -0.940. The molecule has 4 nitrogen and oxygen atoms in total. The summed E-state index contributed by atoms with van der Waals surface area (Å²) in [6, 6.07) is 0.701. The largest absolute Gasteiger partial charge is 0.477 e. The van der Waals surface area contributed by atoms with Gasteiger partial charge in [-0.15, -0.1) is 11.3 Å². The lowest BCUT2D eigenvalue weighted by molar-refractivity contribution is 0.0700. The first-order valence-corrected chi connectivity index (χ1v) is 9.35. The average molecular weight is 324 g/mol. The summed E-state index contributed by atoms with van der Waals surface area (Å²) in [5.41, 5.74) is 0.787. The van der Waals surface area contributed by atoms with Crippen molar-refractivity contribution in [2.45, 2.75) is 70.8 Å². The summed E-state index contributed by atoms with van der Waals surface area (Å²) in [7, 11) is 2.19. The lowest BCUT2D eigenvalue weighted by Crippen LogP contribution is -2.34. The summed E-state index contributed by atoms with van der Waals surface area (Å²) in [6.07, 6.45) is 10.4. The monoisotopic (exact) mass is 324 g/mol. The molecule has 1 aliphatic rings. The van der Waals surface area contributed by atoms with Crippen molar-refractivity contribution >= 4 is 17.3 Å². The van der Waals surface area contributed by atoms with Gasteiger partial charge in [-0.2, -0.15) is 0 Å². The van der Waals surface area contributed by atoms with E-state index in [0.717, 1.165) is 42.9 Å². The Morgan fingerprint density at radius 1 is 1.32 bits per heavy atom. The highest BCUT2D eigenvalue weighted by Gasteiger charge is 2.20. The number of aryl methyl sites for hydroxylation is 1. The molecular formula is C17H28N2O2S. The Morgan fingerprint density at radius 3 is 2.68 bits per heavy atom. The van der Waals surface area contributed by atoms with Crippen molar-refractivity contribution in [2.75, 3.05) is 13.6 Å². The Bertz CT molecular complexity index is 481. The molecule has 1 aromatic rings. The van der Waals surface area contributed by atoms with E-state index in [1.54, 1.807) is 0 Å². The number of carbonyl (C=O) groups is 1. The molecule has 2 rings (SSSR count). The van der Waals surface area contributed by atoms with Gasteiger partial charge in [-0.1, -0.05) is 32.6 Å². The second-order valence-corrected chi connectivity index (χ2v) is 7.40. The van der Waals surface area contributed by atoms with E-state index in [4.69, 9.17) is 0 Å². The molecule has 1 aliphatic carbocycles. The highest BCUT2D eigenvalue weighted by Crippen LogP contribution is 2.24. The molecule has 0 atom stereocenters. The molecule has 0 aliphatic heterocycles. The zero-order valence-electron chi connectivity index (χ0n) is 13.8. The maximum atomic E-state index is 11.3. The topological polar surface area (TPSA) is 53.4 Å². The molecule has 5 heteroatoms. The minimum atomic E-state index is -0.824. The van der Waals surface area contributed by atoms with Gasteiger partial charge in [0.25, 0.3) is 0 Å². The van der Waals surface area contributed by atoms with Crippen molar-refractivity contribution < 1.29 is 9.90 Å². The fourth-order valence-corrected chi connectivity index (χ4v) is 4.10. The molecule has 22 heavy (non-hydrogen) atoms. The highest BCUT2D eigenvalue weighted by molar-refractivity contribution is 7.13. The molecule has 0 unspecified atom stereocenters. The van der Waals surface area contributed by atoms with Gasteiger partial charge in [0.15, 0.2) is 0 Å². The summed E-state index contributed by atoms with van der Waals surface area (Å²) < 4.78 is 0. The SMILES string of the molecule is CCCCc1nc(CCN(C)C2CCCCC2)sc1C(=O)O. The molecule has 124 valence electrons. The van der Waals surface area contributed by atoms with Crippen LogP contribution in [0, 0.1) is 0 Å². The smallest absolute Gasteiger partial charge is 0.347 e. The second-order valence-electron chi connectivity index (χ2n) is 6.31. The molecule has 1 N–H and O–H groups in total. The fraction of sp³-hybridized carbons (Fsp3) is 0.765. The molecule has 1 aromatic heterocycles. The predicted molar refractivity (Wildman–Crippen MR) is 90.9 cm³/mol. The van der Waals surface area contributed by atoms with Gasteiger partial charge >= 0.3 is 5.97 Å². The van der Waals surface area contributed by atoms with Gasteiger partial charge in [-0.3, -0.25) is 0 Å². The summed E-state index contributed by atoms with van der Waals surface area (Å²) in [4.78, 5) is 18.8. The van der Waals surface area contributed by atoms with E-state index in [1.165, 1.54) is 43.4 Å². The normalized spacial score (nSPS) is 16.3. The van der Waals surface area contributed by atoms with E-state index < -0.39 is 5.97 Å². The van der Waals surface area contributed by atoms with Crippen LogP contribution in [0.2, 0.25) is 0 Å². The Labute approximate surface area is 137 Å². The van der Waals surface area contributed by atoms with Crippen LogP contribution in [0.1, 0.15) is 72.2 Å². The summed E-state index contributed by atoms with van der Waals surface area (Å²) >= 11 is 1.37.